The van der Waals surface area contributed by atoms with E-state index in [0.29, 0.717) is 6.54 Å². The number of rotatable bonds is 5. The smallest absolute Gasteiger partial charge is 0.138 e. The molecule has 1 atom stereocenters. The van der Waals surface area contributed by atoms with Gasteiger partial charge >= 0.3 is 0 Å². The summed E-state index contributed by atoms with van der Waals surface area (Å²) >= 11 is 0. The molecule has 0 fully saturated rings. The fourth-order valence-corrected chi connectivity index (χ4v) is 2.03. The molecule has 0 aliphatic heterocycles. The van der Waals surface area contributed by atoms with Crippen molar-refractivity contribution in [3.63, 3.8) is 0 Å². The van der Waals surface area contributed by atoms with Gasteiger partial charge in [-0.25, -0.2) is 9.97 Å². The van der Waals surface area contributed by atoms with Crippen molar-refractivity contribution in [2.75, 3.05) is 30.4 Å². The Hall–Kier alpha value is -1.36. The van der Waals surface area contributed by atoms with E-state index in [1.54, 1.807) is 6.92 Å². The first kappa shape index (κ1) is 16.7. The topological polar surface area (TPSA) is 61.3 Å². The van der Waals surface area contributed by atoms with E-state index in [1.807, 2.05) is 18.9 Å². The summed E-state index contributed by atoms with van der Waals surface area (Å²) in [6.45, 7) is 13.5. The maximum absolute atomic E-state index is 9.58. The molecule has 2 N–H and O–H groups in total. The van der Waals surface area contributed by atoms with Gasteiger partial charge in [-0.05, 0) is 20.8 Å². The Morgan fingerprint density at radius 1 is 1.30 bits per heavy atom. The lowest BCUT2D eigenvalue weighted by Crippen LogP contribution is -2.30. The van der Waals surface area contributed by atoms with Crippen LogP contribution in [0.1, 0.15) is 46.0 Å². The number of aromatic nitrogens is 2. The molecule has 114 valence electrons. The van der Waals surface area contributed by atoms with Gasteiger partial charge in [0.05, 0.1) is 6.10 Å². The van der Waals surface area contributed by atoms with E-state index in [2.05, 4.69) is 38.0 Å². The molecule has 0 saturated heterocycles. The zero-order valence-electron chi connectivity index (χ0n) is 13.8. The minimum Gasteiger partial charge on any atom is -0.392 e. The summed E-state index contributed by atoms with van der Waals surface area (Å²) in [7, 11) is 1.95. The third kappa shape index (κ3) is 4.07. The maximum Gasteiger partial charge on any atom is 0.138 e. The third-order valence-electron chi connectivity index (χ3n) is 3.03. The molecule has 0 spiro atoms. The number of likely N-dealkylation sites (N-methyl/N-ethyl adjacent to an activating group) is 1. The summed E-state index contributed by atoms with van der Waals surface area (Å²) in [5.74, 6) is 2.56. The molecule has 0 radical (unpaired) electrons. The number of nitrogens with zero attached hydrogens (tertiary/aromatic N) is 3. The molecule has 5 nitrogen and oxygen atoms in total. The van der Waals surface area contributed by atoms with E-state index in [4.69, 9.17) is 4.98 Å². The van der Waals surface area contributed by atoms with Gasteiger partial charge in [-0.2, -0.15) is 0 Å². The van der Waals surface area contributed by atoms with Gasteiger partial charge < -0.3 is 15.3 Å². The summed E-state index contributed by atoms with van der Waals surface area (Å²) in [6.07, 6.45) is -0.393. The first-order valence-corrected chi connectivity index (χ1v) is 7.19. The summed E-state index contributed by atoms with van der Waals surface area (Å²) < 4.78 is 0. The van der Waals surface area contributed by atoms with Gasteiger partial charge in [0, 0.05) is 31.1 Å². The van der Waals surface area contributed by atoms with Gasteiger partial charge in [0.2, 0.25) is 0 Å². The summed E-state index contributed by atoms with van der Waals surface area (Å²) in [5.41, 5.74) is 0.904. The molecular formula is C15H28N4O. The molecule has 1 aromatic heterocycles. The zero-order valence-corrected chi connectivity index (χ0v) is 13.8. The van der Waals surface area contributed by atoms with Crippen molar-refractivity contribution in [2.24, 2.45) is 0 Å². The molecule has 0 aliphatic rings. The van der Waals surface area contributed by atoms with Crippen LogP contribution in [0.4, 0.5) is 11.6 Å². The van der Waals surface area contributed by atoms with Crippen LogP contribution in [0.5, 0.6) is 0 Å². The molecule has 0 saturated carbocycles. The molecule has 20 heavy (non-hydrogen) atoms. The first-order valence-electron chi connectivity index (χ1n) is 7.19. The van der Waals surface area contributed by atoms with Crippen molar-refractivity contribution >= 4 is 11.6 Å². The normalized spacial score (nSPS) is 13.2. The molecule has 5 heteroatoms. The molecule has 0 amide bonds. The fourth-order valence-electron chi connectivity index (χ4n) is 2.03. The van der Waals surface area contributed by atoms with Gasteiger partial charge in [0.1, 0.15) is 17.5 Å². The predicted molar refractivity (Wildman–Crippen MR) is 84.6 cm³/mol. The van der Waals surface area contributed by atoms with Crippen molar-refractivity contribution < 1.29 is 5.11 Å². The number of nitrogens with one attached hydrogen (secondary N) is 1. The summed E-state index contributed by atoms with van der Waals surface area (Å²) in [5, 5.41) is 12.9. The highest BCUT2D eigenvalue weighted by Gasteiger charge is 2.22. The largest absolute Gasteiger partial charge is 0.392 e. The Kier molecular flexibility index (Phi) is 5.34. The number of hydrogen-bond donors (Lipinski definition) is 2. The van der Waals surface area contributed by atoms with E-state index < -0.39 is 6.10 Å². The SMILES string of the molecule is CCNc1nc(C(C)(C)C)nc(N(C)CC(C)O)c1C. The van der Waals surface area contributed by atoms with Gasteiger partial charge in [-0.3, -0.25) is 0 Å². The second-order valence-corrected chi connectivity index (χ2v) is 6.35. The van der Waals surface area contributed by atoms with Crippen LogP contribution in [0.15, 0.2) is 0 Å². The highest BCUT2D eigenvalue weighted by atomic mass is 16.3. The lowest BCUT2D eigenvalue weighted by Gasteiger charge is -2.26. The summed E-state index contributed by atoms with van der Waals surface area (Å²) in [4.78, 5) is 11.3. The molecule has 1 aromatic rings. The molecule has 1 rings (SSSR count). The van der Waals surface area contributed by atoms with Crippen LogP contribution in [-0.4, -0.2) is 41.3 Å². The Balaban J connectivity index is 3.30. The van der Waals surface area contributed by atoms with Gasteiger partial charge in [-0.15, -0.1) is 0 Å². The molecule has 0 aromatic carbocycles. The number of aliphatic hydroxyl groups excluding tert-OH is 1. The van der Waals surface area contributed by atoms with Crippen LogP contribution in [0, 0.1) is 6.92 Å². The zero-order chi connectivity index (χ0) is 15.5. The number of anilines is 2. The van der Waals surface area contributed by atoms with Crippen LogP contribution in [-0.2, 0) is 5.41 Å². The monoisotopic (exact) mass is 280 g/mol. The standard InChI is InChI=1S/C15H28N4O/c1-8-16-12-11(3)13(19(7)9-10(2)20)18-14(17-12)15(4,5)6/h10,20H,8-9H2,1-7H3,(H,16,17,18). The van der Waals surface area contributed by atoms with Crippen LogP contribution in [0.3, 0.4) is 0 Å². The van der Waals surface area contributed by atoms with Crippen LogP contribution in [0.2, 0.25) is 0 Å². The minimum atomic E-state index is -0.393. The molecule has 1 heterocycles. The van der Waals surface area contributed by atoms with Crippen molar-refractivity contribution in [3.8, 4) is 0 Å². The van der Waals surface area contributed by atoms with Crippen molar-refractivity contribution in [1.82, 2.24) is 9.97 Å². The van der Waals surface area contributed by atoms with Gasteiger partial charge in [-0.1, -0.05) is 20.8 Å². The van der Waals surface area contributed by atoms with E-state index in [1.165, 1.54) is 0 Å². The lowest BCUT2D eigenvalue weighted by atomic mass is 9.95. The third-order valence-corrected chi connectivity index (χ3v) is 3.03. The van der Waals surface area contributed by atoms with E-state index in [9.17, 15) is 5.11 Å². The average molecular weight is 280 g/mol. The molecule has 0 aliphatic carbocycles. The quantitative estimate of drug-likeness (QED) is 0.867. The average Bonchev–Trinajstić information content (AvgIpc) is 2.29. The number of hydrogen-bond acceptors (Lipinski definition) is 5. The van der Waals surface area contributed by atoms with Crippen LogP contribution < -0.4 is 10.2 Å². The molecular weight excluding hydrogens is 252 g/mol. The second kappa shape index (κ2) is 6.39. The number of aliphatic hydroxyl groups is 1. The predicted octanol–water partition coefficient (Wildman–Crippen LogP) is 2.33. The highest BCUT2D eigenvalue weighted by Crippen LogP contribution is 2.28. The van der Waals surface area contributed by atoms with Crippen molar-refractivity contribution in [2.45, 2.75) is 53.1 Å². The van der Waals surface area contributed by atoms with Gasteiger partial charge in [0.15, 0.2) is 0 Å². The molecule has 0 bridgehead atoms. The van der Waals surface area contributed by atoms with Crippen molar-refractivity contribution in [1.29, 1.82) is 0 Å². The van der Waals surface area contributed by atoms with Crippen LogP contribution >= 0.6 is 0 Å². The highest BCUT2D eigenvalue weighted by molar-refractivity contribution is 5.58. The molecule has 1 unspecified atom stereocenters. The first-order chi connectivity index (χ1) is 9.16. The Morgan fingerprint density at radius 2 is 1.90 bits per heavy atom. The maximum atomic E-state index is 9.58. The Morgan fingerprint density at radius 3 is 2.35 bits per heavy atom. The van der Waals surface area contributed by atoms with Crippen LogP contribution in [0.25, 0.3) is 0 Å². The van der Waals surface area contributed by atoms with E-state index in [-0.39, 0.29) is 5.41 Å². The summed E-state index contributed by atoms with van der Waals surface area (Å²) in [6, 6.07) is 0. The van der Waals surface area contributed by atoms with Gasteiger partial charge in [0.25, 0.3) is 0 Å². The fraction of sp³-hybridized carbons (Fsp3) is 0.733. The van der Waals surface area contributed by atoms with E-state index in [0.717, 1.165) is 29.6 Å². The Labute approximate surface area is 122 Å². The lowest BCUT2D eigenvalue weighted by molar-refractivity contribution is 0.201. The Bertz CT molecular complexity index is 452. The van der Waals surface area contributed by atoms with Crippen molar-refractivity contribution in [3.05, 3.63) is 11.4 Å². The minimum absolute atomic E-state index is 0.113. The second-order valence-electron chi connectivity index (χ2n) is 6.35. The van der Waals surface area contributed by atoms with E-state index >= 15 is 0 Å².